The van der Waals surface area contributed by atoms with Crippen LogP contribution in [0.5, 0.6) is 23.0 Å². The van der Waals surface area contributed by atoms with Crippen LogP contribution in [0.1, 0.15) is 55.8 Å². The van der Waals surface area contributed by atoms with Crippen LogP contribution in [0, 0.1) is 0 Å². The molecular weight excluding hydrogens is 534 g/mol. The highest BCUT2D eigenvalue weighted by molar-refractivity contribution is 6.46. The molecule has 3 aromatic carbocycles. The zero-order valence-corrected chi connectivity index (χ0v) is 24.1. The van der Waals surface area contributed by atoms with Gasteiger partial charge >= 0.3 is 0 Å². The number of nitrogens with zero attached hydrogens (tertiary/aromatic N) is 1. The number of amides is 1. The average molecular weight is 572 g/mol. The molecule has 1 saturated heterocycles. The minimum Gasteiger partial charge on any atom is -0.507 e. The van der Waals surface area contributed by atoms with Crippen LogP contribution in [0.4, 0.5) is 0 Å². The van der Waals surface area contributed by atoms with E-state index in [9.17, 15) is 14.7 Å². The Hall–Kier alpha value is -4.46. The van der Waals surface area contributed by atoms with Crippen LogP contribution in [0.2, 0.25) is 0 Å². The quantitative estimate of drug-likeness (QED) is 0.122. The fourth-order valence-electron chi connectivity index (χ4n) is 5.31. The lowest BCUT2D eigenvalue weighted by Crippen LogP contribution is -2.31. The van der Waals surface area contributed by atoms with Crippen LogP contribution in [0.15, 0.2) is 72.3 Å². The summed E-state index contributed by atoms with van der Waals surface area (Å²) in [5, 5.41) is 11.6. The van der Waals surface area contributed by atoms with Crippen LogP contribution < -0.4 is 18.9 Å². The highest BCUT2D eigenvalue weighted by atomic mass is 16.6. The number of aliphatic hydroxyl groups excluding tert-OH is 1. The summed E-state index contributed by atoms with van der Waals surface area (Å²) in [6.07, 6.45) is 3.63. The second-order valence-corrected chi connectivity index (χ2v) is 10.3. The maximum atomic E-state index is 13.6. The van der Waals surface area contributed by atoms with Crippen molar-refractivity contribution in [2.45, 2.75) is 45.6 Å². The number of carbonyl (C=O) groups is 2. The van der Waals surface area contributed by atoms with Crippen LogP contribution >= 0.6 is 0 Å². The van der Waals surface area contributed by atoms with Gasteiger partial charge in [-0.2, -0.15) is 0 Å². The van der Waals surface area contributed by atoms with Gasteiger partial charge in [0.2, 0.25) is 0 Å². The fourth-order valence-corrected chi connectivity index (χ4v) is 5.31. The molecule has 1 fully saturated rings. The van der Waals surface area contributed by atoms with E-state index in [1.807, 2.05) is 55.5 Å². The smallest absolute Gasteiger partial charge is 0.295 e. The van der Waals surface area contributed by atoms with Crippen LogP contribution in [-0.4, -0.2) is 54.7 Å². The molecule has 0 unspecified atom stereocenters. The van der Waals surface area contributed by atoms with E-state index in [0.717, 1.165) is 24.8 Å². The van der Waals surface area contributed by atoms with Crippen molar-refractivity contribution in [1.82, 2.24) is 4.90 Å². The third-order valence-corrected chi connectivity index (χ3v) is 7.43. The summed E-state index contributed by atoms with van der Waals surface area (Å²) in [7, 11) is 0. The van der Waals surface area contributed by atoms with Crippen molar-refractivity contribution < 1.29 is 33.6 Å². The third kappa shape index (κ3) is 6.22. The zero-order valence-electron chi connectivity index (χ0n) is 24.1. The number of aliphatic hydroxyl groups is 1. The Morgan fingerprint density at radius 2 is 1.69 bits per heavy atom. The minimum absolute atomic E-state index is 0.0174. The van der Waals surface area contributed by atoms with E-state index in [2.05, 4.69) is 6.92 Å². The van der Waals surface area contributed by atoms with Crippen LogP contribution in [0.25, 0.3) is 5.76 Å². The normalized spacial score (nSPS) is 17.4. The molecular formula is C34H37NO7. The predicted molar refractivity (Wildman–Crippen MR) is 159 cm³/mol. The SMILES string of the molecule is CCCCCOc1ccc([C@H]2/C(=C(\O)c3ccc4c(c3)OCCO4)C(=O)C(=O)N2CCc2ccccc2)cc1OCC. The molecule has 220 valence electrons. The van der Waals surface area contributed by atoms with Gasteiger partial charge < -0.3 is 29.0 Å². The van der Waals surface area contributed by atoms with Gasteiger partial charge in [0.25, 0.3) is 11.7 Å². The maximum absolute atomic E-state index is 13.6. The number of rotatable bonds is 12. The number of ketones is 1. The standard InChI is InChI=1S/C34H37NO7/c1-3-5-9-18-40-26-14-12-24(21-28(26)39-4-2)31-30(32(36)25-13-15-27-29(22-25)42-20-19-41-27)33(37)34(38)35(31)17-16-23-10-7-6-8-11-23/h6-8,10-15,21-22,31,36H,3-5,9,16-20H2,1-2H3/b32-30+/t31-/m0/s1. The number of fused-ring (bicyclic) bond motifs is 1. The molecule has 0 spiro atoms. The second kappa shape index (κ2) is 13.5. The first-order chi connectivity index (χ1) is 20.5. The highest BCUT2D eigenvalue weighted by Crippen LogP contribution is 2.43. The van der Waals surface area contributed by atoms with Crippen molar-refractivity contribution in [3.05, 3.63) is 89.0 Å². The second-order valence-electron chi connectivity index (χ2n) is 10.3. The first kappa shape index (κ1) is 29.0. The van der Waals surface area contributed by atoms with Gasteiger partial charge in [-0.15, -0.1) is 0 Å². The van der Waals surface area contributed by atoms with Crippen molar-refractivity contribution in [3.8, 4) is 23.0 Å². The maximum Gasteiger partial charge on any atom is 0.295 e. The van der Waals surface area contributed by atoms with Crippen molar-refractivity contribution >= 4 is 17.4 Å². The minimum atomic E-state index is -0.824. The molecule has 42 heavy (non-hydrogen) atoms. The molecule has 0 saturated carbocycles. The van der Waals surface area contributed by atoms with Gasteiger partial charge in [0.05, 0.1) is 24.8 Å². The van der Waals surface area contributed by atoms with Crippen molar-refractivity contribution in [2.24, 2.45) is 0 Å². The van der Waals surface area contributed by atoms with Gasteiger partial charge in [-0.1, -0.05) is 56.2 Å². The van der Waals surface area contributed by atoms with Crippen molar-refractivity contribution in [1.29, 1.82) is 0 Å². The largest absolute Gasteiger partial charge is 0.507 e. The fraction of sp³-hybridized carbons (Fsp3) is 0.353. The van der Waals surface area contributed by atoms with Crippen molar-refractivity contribution in [2.75, 3.05) is 33.0 Å². The van der Waals surface area contributed by atoms with Crippen LogP contribution in [0.3, 0.4) is 0 Å². The van der Waals surface area contributed by atoms with Gasteiger partial charge in [-0.05, 0) is 61.2 Å². The molecule has 5 rings (SSSR count). The number of Topliss-reactive ketones (excluding diaryl/α,β-unsaturated/α-hetero) is 1. The lowest BCUT2D eigenvalue weighted by molar-refractivity contribution is -0.139. The van der Waals surface area contributed by atoms with E-state index in [0.29, 0.717) is 67.0 Å². The molecule has 0 radical (unpaired) electrons. The summed E-state index contributed by atoms with van der Waals surface area (Å²) in [6.45, 7) is 6.12. The van der Waals surface area contributed by atoms with Gasteiger partial charge in [0.1, 0.15) is 19.0 Å². The Bertz CT molecular complexity index is 1450. The highest BCUT2D eigenvalue weighted by Gasteiger charge is 2.46. The van der Waals surface area contributed by atoms with E-state index in [1.54, 1.807) is 18.2 Å². The number of ether oxygens (including phenoxy) is 4. The van der Waals surface area contributed by atoms with E-state index in [1.165, 1.54) is 4.90 Å². The summed E-state index contributed by atoms with van der Waals surface area (Å²) in [6, 6.07) is 19.4. The molecule has 0 aromatic heterocycles. The topological polar surface area (TPSA) is 94.5 Å². The molecule has 1 amide bonds. The first-order valence-corrected chi connectivity index (χ1v) is 14.6. The Balaban J connectivity index is 1.56. The number of carbonyl (C=O) groups excluding carboxylic acids is 2. The monoisotopic (exact) mass is 571 g/mol. The summed E-state index contributed by atoms with van der Waals surface area (Å²) in [4.78, 5) is 28.6. The molecule has 1 atom stereocenters. The molecule has 2 aliphatic rings. The lowest BCUT2D eigenvalue weighted by atomic mass is 9.94. The van der Waals surface area contributed by atoms with Gasteiger partial charge in [-0.25, -0.2) is 0 Å². The Kier molecular flexibility index (Phi) is 9.31. The molecule has 8 heteroatoms. The lowest BCUT2D eigenvalue weighted by Gasteiger charge is -2.26. The number of unbranched alkanes of at least 4 members (excludes halogenated alkanes) is 2. The summed E-state index contributed by atoms with van der Waals surface area (Å²) in [5.74, 6) is 0.503. The van der Waals surface area contributed by atoms with E-state index >= 15 is 0 Å². The summed E-state index contributed by atoms with van der Waals surface area (Å²) >= 11 is 0. The van der Waals surface area contributed by atoms with E-state index in [4.69, 9.17) is 18.9 Å². The third-order valence-electron chi connectivity index (χ3n) is 7.43. The number of benzene rings is 3. The average Bonchev–Trinajstić information content (AvgIpc) is 3.27. The summed E-state index contributed by atoms with van der Waals surface area (Å²) < 4.78 is 23.3. The number of hydrogen-bond acceptors (Lipinski definition) is 7. The summed E-state index contributed by atoms with van der Waals surface area (Å²) in [5.41, 5.74) is 2.07. The zero-order chi connectivity index (χ0) is 29.5. The number of likely N-dealkylation sites (tertiary alicyclic amines) is 1. The molecule has 3 aromatic rings. The first-order valence-electron chi connectivity index (χ1n) is 14.6. The molecule has 1 N–H and O–H groups in total. The predicted octanol–water partition coefficient (Wildman–Crippen LogP) is 6.09. The molecule has 2 aliphatic heterocycles. The van der Waals surface area contributed by atoms with E-state index < -0.39 is 17.7 Å². The Labute approximate surface area is 246 Å². The molecule has 0 bridgehead atoms. The van der Waals surface area contributed by atoms with Crippen molar-refractivity contribution in [3.63, 3.8) is 0 Å². The van der Waals surface area contributed by atoms with Gasteiger partial charge in [-0.3, -0.25) is 9.59 Å². The molecule has 8 nitrogen and oxygen atoms in total. The Morgan fingerprint density at radius 3 is 2.45 bits per heavy atom. The molecule has 2 heterocycles. The van der Waals surface area contributed by atoms with Gasteiger partial charge in [0, 0.05) is 12.1 Å². The van der Waals surface area contributed by atoms with E-state index in [-0.39, 0.29) is 17.9 Å². The van der Waals surface area contributed by atoms with Gasteiger partial charge in [0.15, 0.2) is 23.0 Å². The number of hydrogen-bond donors (Lipinski definition) is 1. The Morgan fingerprint density at radius 1 is 0.905 bits per heavy atom. The van der Waals surface area contributed by atoms with Crippen LogP contribution in [-0.2, 0) is 16.0 Å². The molecule has 0 aliphatic carbocycles.